The molecule has 0 radical (unpaired) electrons. The van der Waals surface area contributed by atoms with Gasteiger partial charge in [-0.1, -0.05) is 30.3 Å². The van der Waals surface area contributed by atoms with Crippen LogP contribution >= 0.6 is 0 Å². The third-order valence-corrected chi connectivity index (χ3v) is 8.15. The Hall–Kier alpha value is -2.71. The Labute approximate surface area is 189 Å². The van der Waals surface area contributed by atoms with Gasteiger partial charge in [0.25, 0.3) is 0 Å². The van der Waals surface area contributed by atoms with E-state index in [9.17, 15) is 18.0 Å². The quantitative estimate of drug-likeness (QED) is 0.725. The molecule has 2 saturated heterocycles. The van der Waals surface area contributed by atoms with Crippen LogP contribution in [0.5, 0.6) is 0 Å². The zero-order valence-electron chi connectivity index (χ0n) is 18.2. The van der Waals surface area contributed by atoms with E-state index in [0.717, 1.165) is 17.7 Å². The second kappa shape index (κ2) is 9.42. The molecule has 170 valence electrons. The number of hydrogen-bond acceptors (Lipinski definition) is 4. The van der Waals surface area contributed by atoms with Gasteiger partial charge in [-0.05, 0) is 56.0 Å². The van der Waals surface area contributed by atoms with E-state index in [1.54, 1.807) is 29.2 Å². The number of carbonyl (C=O) groups is 2. The molecular weight excluding hydrogens is 426 g/mol. The van der Waals surface area contributed by atoms with Crippen molar-refractivity contribution in [1.29, 1.82) is 0 Å². The predicted octanol–water partition coefficient (Wildman–Crippen LogP) is 3.09. The number of nitrogens with zero attached hydrogens (tertiary/aromatic N) is 2. The van der Waals surface area contributed by atoms with Crippen LogP contribution in [-0.2, 0) is 19.6 Å². The number of hydrogen-bond donors (Lipinski definition) is 1. The number of nitrogens with one attached hydrogen (secondary N) is 1. The van der Waals surface area contributed by atoms with Gasteiger partial charge in [-0.2, -0.15) is 4.31 Å². The number of anilines is 1. The van der Waals surface area contributed by atoms with Gasteiger partial charge < -0.3 is 10.2 Å². The SMILES string of the molecule is CC(NC(=O)C1CCCN(S(=O)(=O)c2ccc(N3CCCC3=O)cc2)C1)c1ccccc1. The number of benzene rings is 2. The van der Waals surface area contributed by atoms with Crippen LogP contribution in [0.15, 0.2) is 59.5 Å². The van der Waals surface area contributed by atoms with Gasteiger partial charge in [0, 0.05) is 31.7 Å². The molecule has 2 aromatic rings. The van der Waals surface area contributed by atoms with Gasteiger partial charge in [-0.3, -0.25) is 9.59 Å². The topological polar surface area (TPSA) is 86.8 Å². The molecule has 2 aromatic carbocycles. The van der Waals surface area contributed by atoms with E-state index in [1.807, 2.05) is 37.3 Å². The second-order valence-corrected chi connectivity index (χ2v) is 10.4. The summed E-state index contributed by atoms with van der Waals surface area (Å²) in [6.07, 6.45) is 2.64. The molecule has 7 nitrogen and oxygen atoms in total. The third kappa shape index (κ3) is 4.71. The van der Waals surface area contributed by atoms with E-state index >= 15 is 0 Å². The molecule has 2 unspecified atom stereocenters. The number of piperidine rings is 1. The average Bonchev–Trinajstić information content (AvgIpc) is 3.25. The molecule has 0 aromatic heterocycles. The van der Waals surface area contributed by atoms with E-state index in [2.05, 4.69) is 5.32 Å². The van der Waals surface area contributed by atoms with E-state index in [-0.39, 0.29) is 35.2 Å². The summed E-state index contributed by atoms with van der Waals surface area (Å²) in [6.45, 7) is 3.15. The molecule has 0 spiro atoms. The first-order valence-corrected chi connectivity index (χ1v) is 12.6. The third-order valence-electron chi connectivity index (χ3n) is 6.27. The van der Waals surface area contributed by atoms with Crippen molar-refractivity contribution in [3.05, 3.63) is 60.2 Å². The zero-order valence-corrected chi connectivity index (χ0v) is 19.1. The smallest absolute Gasteiger partial charge is 0.243 e. The Morgan fingerprint density at radius 3 is 2.41 bits per heavy atom. The second-order valence-electron chi connectivity index (χ2n) is 8.49. The number of sulfonamides is 1. The van der Waals surface area contributed by atoms with Crippen molar-refractivity contribution >= 4 is 27.5 Å². The fourth-order valence-electron chi connectivity index (χ4n) is 4.40. The Kier molecular flexibility index (Phi) is 6.62. The summed E-state index contributed by atoms with van der Waals surface area (Å²) in [5.74, 6) is -0.439. The molecule has 2 aliphatic heterocycles. The summed E-state index contributed by atoms with van der Waals surface area (Å²) in [6, 6.07) is 16.0. The van der Waals surface area contributed by atoms with Gasteiger partial charge >= 0.3 is 0 Å². The molecule has 1 N–H and O–H groups in total. The Morgan fingerprint density at radius 2 is 1.75 bits per heavy atom. The van der Waals surface area contributed by atoms with Gasteiger partial charge in [0.1, 0.15) is 0 Å². The maximum Gasteiger partial charge on any atom is 0.243 e. The van der Waals surface area contributed by atoms with E-state index in [4.69, 9.17) is 0 Å². The average molecular weight is 456 g/mol. The fraction of sp³-hybridized carbons (Fsp3) is 0.417. The lowest BCUT2D eigenvalue weighted by molar-refractivity contribution is -0.126. The summed E-state index contributed by atoms with van der Waals surface area (Å²) in [4.78, 5) is 26.6. The van der Waals surface area contributed by atoms with E-state index < -0.39 is 10.0 Å². The first kappa shape index (κ1) is 22.5. The van der Waals surface area contributed by atoms with Gasteiger partial charge in [0.15, 0.2) is 0 Å². The first-order valence-electron chi connectivity index (χ1n) is 11.1. The maximum absolute atomic E-state index is 13.2. The highest BCUT2D eigenvalue weighted by Gasteiger charge is 2.34. The highest BCUT2D eigenvalue weighted by Crippen LogP contribution is 2.27. The molecule has 32 heavy (non-hydrogen) atoms. The van der Waals surface area contributed by atoms with Gasteiger partial charge in [-0.15, -0.1) is 0 Å². The van der Waals surface area contributed by atoms with Crippen molar-refractivity contribution in [3.8, 4) is 0 Å². The van der Waals surface area contributed by atoms with Gasteiger partial charge in [0.05, 0.1) is 16.9 Å². The molecule has 2 heterocycles. The summed E-state index contributed by atoms with van der Waals surface area (Å²) in [7, 11) is -3.71. The van der Waals surface area contributed by atoms with Crippen molar-refractivity contribution in [2.75, 3.05) is 24.5 Å². The van der Waals surface area contributed by atoms with Crippen LogP contribution < -0.4 is 10.2 Å². The Bertz CT molecular complexity index is 1070. The summed E-state index contributed by atoms with van der Waals surface area (Å²) < 4.78 is 27.8. The molecule has 0 saturated carbocycles. The minimum atomic E-state index is -3.71. The normalized spacial score (nSPS) is 20.8. The molecule has 2 atom stereocenters. The molecule has 2 fully saturated rings. The molecule has 8 heteroatoms. The van der Waals surface area contributed by atoms with Gasteiger partial charge in [0.2, 0.25) is 21.8 Å². The molecule has 0 aliphatic carbocycles. The lowest BCUT2D eigenvalue weighted by Gasteiger charge is -2.32. The summed E-state index contributed by atoms with van der Waals surface area (Å²) >= 11 is 0. The molecule has 0 bridgehead atoms. The van der Waals surface area contributed by atoms with Crippen LogP contribution in [0, 0.1) is 5.92 Å². The minimum absolute atomic E-state index is 0.0650. The van der Waals surface area contributed by atoms with Crippen molar-refractivity contribution in [2.45, 2.75) is 43.5 Å². The summed E-state index contributed by atoms with van der Waals surface area (Å²) in [5.41, 5.74) is 1.73. The van der Waals surface area contributed by atoms with Crippen molar-refractivity contribution < 1.29 is 18.0 Å². The Morgan fingerprint density at radius 1 is 1.03 bits per heavy atom. The van der Waals surface area contributed by atoms with Crippen LogP contribution in [0.25, 0.3) is 0 Å². The van der Waals surface area contributed by atoms with E-state index in [0.29, 0.717) is 32.4 Å². The highest BCUT2D eigenvalue weighted by molar-refractivity contribution is 7.89. The maximum atomic E-state index is 13.2. The zero-order chi connectivity index (χ0) is 22.7. The Balaban J connectivity index is 1.42. The number of carbonyl (C=O) groups excluding carboxylic acids is 2. The van der Waals surface area contributed by atoms with Crippen molar-refractivity contribution in [2.24, 2.45) is 5.92 Å². The molecule has 4 rings (SSSR count). The summed E-state index contributed by atoms with van der Waals surface area (Å²) in [5, 5.41) is 3.02. The van der Waals surface area contributed by atoms with Crippen LogP contribution in [0.4, 0.5) is 5.69 Å². The van der Waals surface area contributed by atoms with Crippen LogP contribution in [0.2, 0.25) is 0 Å². The predicted molar refractivity (Wildman–Crippen MR) is 123 cm³/mol. The van der Waals surface area contributed by atoms with E-state index in [1.165, 1.54) is 4.31 Å². The lowest BCUT2D eigenvalue weighted by atomic mass is 9.98. The standard InChI is InChI=1S/C24H29N3O4S/c1-18(19-7-3-2-4-8-19)25-24(29)20-9-5-15-26(17-20)32(30,31)22-13-11-21(12-14-22)27-16-6-10-23(27)28/h2-4,7-8,11-14,18,20H,5-6,9-10,15-17H2,1H3,(H,25,29). The van der Waals surface area contributed by atoms with Crippen molar-refractivity contribution in [1.82, 2.24) is 9.62 Å². The molecule has 2 aliphatic rings. The largest absolute Gasteiger partial charge is 0.349 e. The van der Waals surface area contributed by atoms with Crippen LogP contribution in [0.1, 0.15) is 44.2 Å². The monoisotopic (exact) mass is 455 g/mol. The van der Waals surface area contributed by atoms with Crippen LogP contribution in [0.3, 0.4) is 0 Å². The molecular formula is C24H29N3O4S. The minimum Gasteiger partial charge on any atom is -0.349 e. The van der Waals surface area contributed by atoms with Crippen LogP contribution in [-0.4, -0.2) is 44.2 Å². The lowest BCUT2D eigenvalue weighted by Crippen LogP contribution is -2.45. The highest BCUT2D eigenvalue weighted by atomic mass is 32.2. The first-order chi connectivity index (χ1) is 15.4. The fourth-order valence-corrected chi connectivity index (χ4v) is 5.92. The van der Waals surface area contributed by atoms with Crippen molar-refractivity contribution in [3.63, 3.8) is 0 Å². The molecule has 2 amide bonds. The number of rotatable bonds is 6. The number of amides is 2. The van der Waals surface area contributed by atoms with Gasteiger partial charge in [-0.25, -0.2) is 8.42 Å².